The van der Waals surface area contributed by atoms with E-state index in [1.54, 1.807) is 49.3 Å². The second kappa shape index (κ2) is 7.70. The normalized spacial score (nSPS) is 15.6. The Labute approximate surface area is 160 Å². The molecule has 144 valence electrons. The fourth-order valence-electron chi connectivity index (χ4n) is 3.17. The lowest BCUT2D eigenvalue weighted by atomic mass is 10.2. The maximum absolute atomic E-state index is 13.0. The highest BCUT2D eigenvalue weighted by Crippen LogP contribution is 2.23. The lowest BCUT2D eigenvalue weighted by Gasteiger charge is -2.34. The smallest absolute Gasteiger partial charge is 0.253 e. The number of nitrogens with zero attached hydrogens (tertiary/aromatic N) is 2. The van der Waals surface area contributed by atoms with Crippen LogP contribution in [0.1, 0.15) is 21.5 Å². The molecule has 0 aromatic heterocycles. The molecule has 3 rings (SSSR count). The number of carbonyl (C=O) groups is 1. The van der Waals surface area contributed by atoms with Gasteiger partial charge in [-0.3, -0.25) is 4.79 Å². The molecule has 0 unspecified atom stereocenters. The first-order valence-electron chi connectivity index (χ1n) is 8.83. The first-order valence-corrected chi connectivity index (χ1v) is 10.3. The number of sulfonamides is 1. The predicted octanol–water partition coefficient (Wildman–Crippen LogP) is 2.46. The van der Waals surface area contributed by atoms with Crippen LogP contribution in [0.4, 0.5) is 0 Å². The Kier molecular flexibility index (Phi) is 5.53. The van der Waals surface area contributed by atoms with E-state index in [0.29, 0.717) is 29.3 Å². The second-order valence-corrected chi connectivity index (χ2v) is 8.60. The molecule has 0 aliphatic carbocycles. The van der Waals surface area contributed by atoms with E-state index in [-0.39, 0.29) is 19.0 Å². The zero-order valence-electron chi connectivity index (χ0n) is 15.8. The Morgan fingerprint density at radius 1 is 0.963 bits per heavy atom. The molecule has 0 radical (unpaired) electrons. The summed E-state index contributed by atoms with van der Waals surface area (Å²) in [5.41, 5.74) is 2.21. The standard InChI is InChI=1S/C20H24N2O4S/c1-15-4-5-16(2)19(14-15)27(24,25)22-12-10-21(11-13-22)20(23)17-6-8-18(26-3)9-7-17/h4-9,14H,10-13H2,1-3H3. The van der Waals surface area contributed by atoms with Crippen LogP contribution < -0.4 is 4.74 Å². The molecule has 0 bridgehead atoms. The van der Waals surface area contributed by atoms with Gasteiger partial charge in [0.15, 0.2) is 0 Å². The van der Waals surface area contributed by atoms with Crippen LogP contribution in [-0.2, 0) is 10.0 Å². The van der Waals surface area contributed by atoms with Crippen LogP contribution in [0.3, 0.4) is 0 Å². The first kappa shape index (κ1) is 19.4. The maximum atomic E-state index is 13.0. The van der Waals surface area contributed by atoms with Crippen molar-refractivity contribution in [2.24, 2.45) is 0 Å². The molecule has 1 saturated heterocycles. The summed E-state index contributed by atoms with van der Waals surface area (Å²) >= 11 is 0. The minimum absolute atomic E-state index is 0.0959. The number of rotatable bonds is 4. The lowest BCUT2D eigenvalue weighted by Crippen LogP contribution is -2.50. The zero-order chi connectivity index (χ0) is 19.6. The molecule has 0 saturated carbocycles. The number of methoxy groups -OCH3 is 1. The maximum Gasteiger partial charge on any atom is 0.253 e. The molecule has 1 fully saturated rings. The fraction of sp³-hybridized carbons (Fsp3) is 0.350. The minimum atomic E-state index is -3.56. The van der Waals surface area contributed by atoms with Gasteiger partial charge in [0, 0.05) is 31.7 Å². The number of ether oxygens (including phenoxy) is 1. The third-order valence-corrected chi connectivity index (χ3v) is 6.86. The summed E-state index contributed by atoms with van der Waals surface area (Å²) in [6, 6.07) is 12.4. The van der Waals surface area contributed by atoms with Gasteiger partial charge >= 0.3 is 0 Å². The summed E-state index contributed by atoms with van der Waals surface area (Å²) in [5, 5.41) is 0. The lowest BCUT2D eigenvalue weighted by molar-refractivity contribution is 0.0698. The Balaban J connectivity index is 1.70. The van der Waals surface area contributed by atoms with E-state index >= 15 is 0 Å². The molecule has 0 N–H and O–H groups in total. The van der Waals surface area contributed by atoms with Crippen molar-refractivity contribution in [3.8, 4) is 5.75 Å². The monoisotopic (exact) mass is 388 g/mol. The van der Waals surface area contributed by atoms with Gasteiger partial charge < -0.3 is 9.64 Å². The van der Waals surface area contributed by atoms with E-state index < -0.39 is 10.0 Å². The van der Waals surface area contributed by atoms with Gasteiger partial charge in [-0.05, 0) is 55.3 Å². The second-order valence-electron chi connectivity index (χ2n) is 6.69. The summed E-state index contributed by atoms with van der Waals surface area (Å²) < 4.78 is 32.5. The van der Waals surface area contributed by atoms with E-state index in [1.165, 1.54) is 4.31 Å². The van der Waals surface area contributed by atoms with Gasteiger partial charge in [0.2, 0.25) is 10.0 Å². The van der Waals surface area contributed by atoms with Crippen LogP contribution in [0, 0.1) is 13.8 Å². The van der Waals surface area contributed by atoms with E-state index in [2.05, 4.69) is 0 Å². The Morgan fingerprint density at radius 3 is 2.19 bits per heavy atom. The van der Waals surface area contributed by atoms with Gasteiger partial charge in [0.1, 0.15) is 5.75 Å². The molecular weight excluding hydrogens is 364 g/mol. The molecule has 0 atom stereocenters. The summed E-state index contributed by atoms with van der Waals surface area (Å²) in [4.78, 5) is 14.7. The Bertz CT molecular complexity index is 931. The average molecular weight is 388 g/mol. The highest BCUT2D eigenvalue weighted by Gasteiger charge is 2.31. The molecule has 27 heavy (non-hydrogen) atoms. The van der Waals surface area contributed by atoms with Gasteiger partial charge in [-0.1, -0.05) is 12.1 Å². The van der Waals surface area contributed by atoms with Gasteiger partial charge in [0.25, 0.3) is 5.91 Å². The highest BCUT2D eigenvalue weighted by molar-refractivity contribution is 7.89. The molecule has 2 aromatic carbocycles. The van der Waals surface area contributed by atoms with Crippen molar-refractivity contribution in [3.63, 3.8) is 0 Å². The van der Waals surface area contributed by atoms with Crippen LogP contribution in [0.5, 0.6) is 5.75 Å². The van der Waals surface area contributed by atoms with E-state index in [1.807, 2.05) is 19.1 Å². The van der Waals surface area contributed by atoms with Gasteiger partial charge in [-0.2, -0.15) is 4.31 Å². The van der Waals surface area contributed by atoms with Gasteiger partial charge in [-0.15, -0.1) is 0 Å². The van der Waals surface area contributed by atoms with Crippen LogP contribution in [0.15, 0.2) is 47.4 Å². The molecule has 7 heteroatoms. The SMILES string of the molecule is COc1ccc(C(=O)N2CCN(S(=O)(=O)c3cc(C)ccc3C)CC2)cc1. The van der Waals surface area contributed by atoms with Gasteiger partial charge in [0.05, 0.1) is 12.0 Å². The summed E-state index contributed by atoms with van der Waals surface area (Å²) in [6.45, 7) is 5.00. The third-order valence-electron chi connectivity index (χ3n) is 4.82. The average Bonchev–Trinajstić information content (AvgIpc) is 2.69. The topological polar surface area (TPSA) is 66.9 Å². The van der Waals surface area contributed by atoms with Crippen LogP contribution in [-0.4, -0.2) is 56.8 Å². The quantitative estimate of drug-likeness (QED) is 0.807. The Hall–Kier alpha value is -2.38. The molecule has 1 amide bonds. The summed E-state index contributed by atoms with van der Waals surface area (Å²) in [5.74, 6) is 0.595. The van der Waals surface area contributed by atoms with E-state index in [9.17, 15) is 13.2 Å². The van der Waals surface area contributed by atoms with E-state index in [0.717, 1.165) is 11.1 Å². The molecule has 2 aromatic rings. The van der Waals surface area contributed by atoms with Gasteiger partial charge in [-0.25, -0.2) is 8.42 Å². The zero-order valence-corrected chi connectivity index (χ0v) is 16.6. The summed E-state index contributed by atoms with van der Waals surface area (Å²) in [7, 11) is -1.98. The molecule has 1 aliphatic heterocycles. The van der Waals surface area contributed by atoms with Crippen molar-refractivity contribution in [2.45, 2.75) is 18.7 Å². The van der Waals surface area contributed by atoms with Crippen LogP contribution >= 0.6 is 0 Å². The van der Waals surface area contributed by atoms with Crippen molar-refractivity contribution < 1.29 is 17.9 Å². The fourth-order valence-corrected chi connectivity index (χ4v) is 4.90. The number of benzene rings is 2. The number of hydrogen-bond acceptors (Lipinski definition) is 4. The van der Waals surface area contributed by atoms with Crippen LogP contribution in [0.2, 0.25) is 0 Å². The molecule has 0 spiro atoms. The van der Waals surface area contributed by atoms with Crippen molar-refractivity contribution in [2.75, 3.05) is 33.3 Å². The number of aryl methyl sites for hydroxylation is 2. The highest BCUT2D eigenvalue weighted by atomic mass is 32.2. The van der Waals surface area contributed by atoms with E-state index in [4.69, 9.17) is 4.74 Å². The van der Waals surface area contributed by atoms with Crippen molar-refractivity contribution >= 4 is 15.9 Å². The third kappa shape index (κ3) is 3.99. The van der Waals surface area contributed by atoms with Crippen molar-refractivity contribution in [1.82, 2.24) is 9.21 Å². The molecule has 1 heterocycles. The Morgan fingerprint density at radius 2 is 1.59 bits per heavy atom. The number of piperazine rings is 1. The first-order chi connectivity index (χ1) is 12.8. The molecule has 6 nitrogen and oxygen atoms in total. The largest absolute Gasteiger partial charge is 0.497 e. The predicted molar refractivity (Wildman–Crippen MR) is 104 cm³/mol. The minimum Gasteiger partial charge on any atom is -0.497 e. The number of hydrogen-bond donors (Lipinski definition) is 0. The van der Waals surface area contributed by atoms with Crippen molar-refractivity contribution in [3.05, 3.63) is 59.2 Å². The van der Waals surface area contributed by atoms with Crippen LogP contribution in [0.25, 0.3) is 0 Å². The molecular formula is C20H24N2O4S. The summed E-state index contributed by atoms with van der Waals surface area (Å²) in [6.07, 6.45) is 0. The molecule has 1 aliphatic rings. The number of carbonyl (C=O) groups excluding carboxylic acids is 1. The van der Waals surface area contributed by atoms with Crippen molar-refractivity contribution in [1.29, 1.82) is 0 Å². The number of amides is 1.